The number of aliphatic hydroxyl groups excluding tert-OH is 1. The van der Waals surface area contributed by atoms with Crippen LogP contribution in [0.1, 0.15) is 32.3 Å². The van der Waals surface area contributed by atoms with Crippen molar-refractivity contribution in [2.75, 3.05) is 13.2 Å². The number of nitrogens with one attached hydrogen (secondary N) is 6. The summed E-state index contributed by atoms with van der Waals surface area (Å²) in [7, 11) is 0. The van der Waals surface area contributed by atoms with Crippen LogP contribution in [0.3, 0.4) is 0 Å². The van der Waals surface area contributed by atoms with Crippen LogP contribution in [0.25, 0.3) is 10.9 Å². The number of para-hydroxylation sites is 1. The topological polar surface area (TPSA) is 219 Å². The summed E-state index contributed by atoms with van der Waals surface area (Å²) in [5, 5.41) is 31.8. The van der Waals surface area contributed by atoms with Gasteiger partial charge >= 0.3 is 5.97 Å². The summed E-state index contributed by atoms with van der Waals surface area (Å²) in [6.07, 6.45) is 1.04. The van der Waals surface area contributed by atoms with E-state index in [0.29, 0.717) is 5.56 Å². The molecule has 3 rings (SSSR count). The van der Waals surface area contributed by atoms with Crippen molar-refractivity contribution in [3.05, 3.63) is 36.0 Å². The smallest absolute Gasteiger partial charge is 0.305 e. The molecule has 1 aromatic carbocycles. The number of hydrogen-bond acceptors (Lipinski definition) is 7. The van der Waals surface area contributed by atoms with Gasteiger partial charge in [-0.05, 0) is 24.0 Å². The Kier molecular flexibility index (Phi) is 10.2. The van der Waals surface area contributed by atoms with Gasteiger partial charge in [-0.25, -0.2) is 0 Å². The van der Waals surface area contributed by atoms with Gasteiger partial charge in [-0.1, -0.05) is 32.0 Å². The number of fused-ring (bicyclic) bond motifs is 1. The Morgan fingerprint density at radius 2 is 1.50 bits per heavy atom. The highest BCUT2D eigenvalue weighted by molar-refractivity contribution is 5.98. The van der Waals surface area contributed by atoms with E-state index in [2.05, 4.69) is 31.6 Å². The molecule has 2 aromatic rings. The van der Waals surface area contributed by atoms with E-state index in [0.717, 1.165) is 10.9 Å². The Morgan fingerprint density at radius 1 is 0.875 bits per heavy atom. The van der Waals surface area contributed by atoms with Crippen LogP contribution in [0.2, 0.25) is 0 Å². The number of aliphatic carboxylic acids is 1. The number of carboxylic acids is 1. The van der Waals surface area contributed by atoms with Crippen LogP contribution in [-0.2, 0) is 35.2 Å². The highest BCUT2D eigenvalue weighted by atomic mass is 16.4. The summed E-state index contributed by atoms with van der Waals surface area (Å²) in [6.45, 7) is 2.27. The Hall–Kier alpha value is -4.46. The van der Waals surface area contributed by atoms with E-state index >= 15 is 0 Å². The lowest BCUT2D eigenvalue weighted by Gasteiger charge is -2.25. The third-order valence-electron chi connectivity index (χ3n) is 6.34. The van der Waals surface area contributed by atoms with Crippen LogP contribution < -0.4 is 26.6 Å². The maximum Gasteiger partial charge on any atom is 0.305 e. The molecule has 1 fully saturated rings. The molecule has 5 amide bonds. The molecule has 0 radical (unpaired) electrons. The third-order valence-corrected chi connectivity index (χ3v) is 6.34. The van der Waals surface area contributed by atoms with Gasteiger partial charge in [-0.2, -0.15) is 0 Å². The lowest BCUT2D eigenvalue weighted by molar-refractivity contribution is -0.141. The lowest BCUT2D eigenvalue weighted by atomic mass is 10.0. The summed E-state index contributed by atoms with van der Waals surface area (Å²) in [5.74, 6) is -5.62. The summed E-state index contributed by atoms with van der Waals surface area (Å²) in [5.41, 5.74) is 1.47. The summed E-state index contributed by atoms with van der Waals surface area (Å²) in [4.78, 5) is 79.4. The summed E-state index contributed by atoms with van der Waals surface area (Å²) in [6, 6.07) is 1.82. The van der Waals surface area contributed by atoms with Crippen molar-refractivity contribution in [2.24, 2.45) is 5.92 Å². The second kappa shape index (κ2) is 13.6. The number of aromatic nitrogens is 1. The van der Waals surface area contributed by atoms with Crippen LogP contribution in [0.5, 0.6) is 0 Å². The van der Waals surface area contributed by atoms with Gasteiger partial charge in [0, 0.05) is 23.5 Å². The van der Waals surface area contributed by atoms with Crippen LogP contribution in [0.4, 0.5) is 0 Å². The third kappa shape index (κ3) is 8.02. The second-order valence-electron chi connectivity index (χ2n) is 10.00. The Labute approximate surface area is 229 Å². The van der Waals surface area contributed by atoms with Crippen molar-refractivity contribution >= 4 is 46.4 Å². The molecule has 1 aromatic heterocycles. The predicted molar refractivity (Wildman–Crippen MR) is 142 cm³/mol. The lowest BCUT2D eigenvalue weighted by Crippen LogP contribution is -2.58. The van der Waals surface area contributed by atoms with Crippen molar-refractivity contribution < 1.29 is 39.0 Å². The molecule has 1 saturated heterocycles. The monoisotopic (exact) mass is 558 g/mol. The maximum absolute atomic E-state index is 13.5. The fraction of sp³-hybridized carbons (Fsp3) is 0.462. The number of aromatic amines is 1. The number of carboxylic acid groups (broad SMARTS) is 1. The quantitative estimate of drug-likeness (QED) is 0.195. The number of rotatable bonds is 7. The van der Waals surface area contributed by atoms with Gasteiger partial charge in [-0.15, -0.1) is 0 Å². The van der Waals surface area contributed by atoms with Crippen LogP contribution in [-0.4, -0.2) is 88.0 Å². The van der Waals surface area contributed by atoms with E-state index in [1.165, 1.54) is 0 Å². The molecular weight excluding hydrogens is 524 g/mol. The van der Waals surface area contributed by atoms with E-state index in [1.54, 1.807) is 6.20 Å². The zero-order valence-corrected chi connectivity index (χ0v) is 22.2. The molecule has 14 heteroatoms. The highest BCUT2D eigenvalue weighted by Crippen LogP contribution is 2.19. The van der Waals surface area contributed by atoms with Gasteiger partial charge in [0.2, 0.25) is 29.5 Å². The Bertz CT molecular complexity index is 1270. The van der Waals surface area contributed by atoms with E-state index in [9.17, 15) is 39.0 Å². The zero-order valence-electron chi connectivity index (χ0n) is 22.2. The number of aliphatic hydroxyl groups is 1. The standard InChI is InChI=1S/C26H34N6O8/c1-13(2)7-17-24(38)30-18(8-14-10-27-16-6-4-3-5-15(14)16)25(39)31-19(9-22(35)36)26(40)32-20(12-33)23(37)28-11-21(34)29-17/h3-6,10,13,17-20,27,33H,7-9,11-12H2,1-2H3,(H,28,37)(H,29,34)(H,30,38)(H,31,39)(H,32,40)(H,35,36)/t17-,18+,19+,20-/m0/s1. The van der Waals surface area contributed by atoms with Crippen molar-refractivity contribution in [1.29, 1.82) is 0 Å². The average Bonchev–Trinajstić information content (AvgIpc) is 3.30. The van der Waals surface area contributed by atoms with Crippen molar-refractivity contribution in [3.63, 3.8) is 0 Å². The fourth-order valence-corrected chi connectivity index (χ4v) is 4.36. The van der Waals surface area contributed by atoms with Crippen molar-refractivity contribution in [2.45, 2.75) is 57.3 Å². The molecule has 0 bridgehead atoms. The molecule has 8 N–H and O–H groups in total. The van der Waals surface area contributed by atoms with Crippen LogP contribution >= 0.6 is 0 Å². The summed E-state index contributed by atoms with van der Waals surface area (Å²) >= 11 is 0. The molecule has 14 nitrogen and oxygen atoms in total. The van der Waals surface area contributed by atoms with Crippen molar-refractivity contribution in [3.8, 4) is 0 Å². The van der Waals surface area contributed by atoms with Crippen molar-refractivity contribution in [1.82, 2.24) is 31.6 Å². The first kappa shape index (κ1) is 30.1. The molecule has 4 atom stereocenters. The minimum atomic E-state index is -1.63. The highest BCUT2D eigenvalue weighted by Gasteiger charge is 2.33. The molecule has 0 spiro atoms. The minimum Gasteiger partial charge on any atom is -0.481 e. The molecule has 40 heavy (non-hydrogen) atoms. The van der Waals surface area contributed by atoms with Gasteiger partial charge in [0.05, 0.1) is 19.6 Å². The molecule has 0 aliphatic carbocycles. The summed E-state index contributed by atoms with van der Waals surface area (Å²) < 4.78 is 0. The molecule has 1 aliphatic heterocycles. The van der Waals surface area contributed by atoms with Gasteiger partial charge < -0.3 is 41.8 Å². The first-order valence-corrected chi connectivity index (χ1v) is 12.8. The SMILES string of the molecule is CC(C)C[C@@H]1NC(=O)CNC(=O)[C@H](CO)NC(=O)[C@@H](CC(=O)O)NC(=O)[C@@H](Cc2c[nH]c3ccccc23)NC1=O. The number of carbonyl (C=O) groups is 6. The van der Waals surface area contributed by atoms with Gasteiger partial charge in [0.25, 0.3) is 0 Å². The molecule has 1 aliphatic rings. The van der Waals surface area contributed by atoms with E-state index in [4.69, 9.17) is 0 Å². The van der Waals surface area contributed by atoms with Crippen LogP contribution in [0.15, 0.2) is 30.5 Å². The van der Waals surface area contributed by atoms with Gasteiger partial charge in [0.1, 0.15) is 24.2 Å². The van der Waals surface area contributed by atoms with E-state index in [1.807, 2.05) is 38.1 Å². The molecule has 0 saturated carbocycles. The first-order valence-electron chi connectivity index (χ1n) is 12.8. The molecule has 0 unspecified atom stereocenters. The van der Waals surface area contributed by atoms with E-state index in [-0.39, 0.29) is 18.8 Å². The number of amides is 5. The average molecular weight is 559 g/mol. The molecule has 216 valence electrons. The maximum atomic E-state index is 13.5. The fourth-order valence-electron chi connectivity index (χ4n) is 4.36. The number of benzene rings is 1. The Balaban J connectivity index is 2.00. The van der Waals surface area contributed by atoms with Gasteiger partial charge in [-0.3, -0.25) is 28.8 Å². The first-order chi connectivity index (χ1) is 19.0. The molecule has 2 heterocycles. The molecular formula is C26H34N6O8. The number of H-pyrrole nitrogens is 1. The minimum absolute atomic E-state index is 0.0232. The predicted octanol–water partition coefficient (Wildman–Crippen LogP) is -1.71. The number of carbonyl (C=O) groups excluding carboxylic acids is 5. The normalized spacial score (nSPS) is 23.4. The zero-order chi connectivity index (χ0) is 29.4. The largest absolute Gasteiger partial charge is 0.481 e. The van der Waals surface area contributed by atoms with E-state index < -0.39 is 79.2 Å². The Morgan fingerprint density at radius 3 is 2.17 bits per heavy atom. The van der Waals surface area contributed by atoms with Gasteiger partial charge in [0.15, 0.2) is 0 Å². The second-order valence-corrected chi connectivity index (χ2v) is 10.00. The van der Waals surface area contributed by atoms with Crippen LogP contribution in [0, 0.1) is 5.92 Å². The number of hydrogen-bond donors (Lipinski definition) is 8.